The summed E-state index contributed by atoms with van der Waals surface area (Å²) in [5.74, 6) is -1.57. The van der Waals surface area contributed by atoms with Crippen LogP contribution in [0.1, 0.15) is 40.0 Å². The van der Waals surface area contributed by atoms with Gasteiger partial charge in [0.2, 0.25) is 0 Å². The Balaban J connectivity index is 2.43. The molecule has 0 aliphatic carbocycles. The lowest BCUT2D eigenvalue weighted by atomic mass is 10.0. The lowest BCUT2D eigenvalue weighted by molar-refractivity contribution is -0.141. The molecule has 0 spiro atoms. The van der Waals surface area contributed by atoms with Crippen molar-refractivity contribution in [2.24, 2.45) is 5.73 Å². The van der Waals surface area contributed by atoms with Crippen molar-refractivity contribution in [2.75, 3.05) is 20.8 Å². The summed E-state index contributed by atoms with van der Waals surface area (Å²) in [6.45, 7) is 0.394. The normalized spacial score (nSPS) is 11.4. The number of carbonyl (C=O) groups excluding carboxylic acids is 2. The molecule has 0 aliphatic rings. The number of amides is 2. The number of carboxylic acids is 1. The number of hydrogen-bond acceptors (Lipinski definition) is 6. The van der Waals surface area contributed by atoms with Crippen LogP contribution in [0.15, 0.2) is 48.5 Å². The third-order valence-electron chi connectivity index (χ3n) is 4.64. The van der Waals surface area contributed by atoms with Crippen molar-refractivity contribution in [3.63, 3.8) is 0 Å². The minimum Gasteiger partial charge on any atom is -0.497 e. The van der Waals surface area contributed by atoms with Crippen LogP contribution >= 0.6 is 0 Å². The number of nitrogens with two attached hydrogens (primary N) is 1. The van der Waals surface area contributed by atoms with Crippen molar-refractivity contribution >= 4 is 17.8 Å². The summed E-state index contributed by atoms with van der Waals surface area (Å²) < 4.78 is 10.2. The number of benzene rings is 2. The van der Waals surface area contributed by atoms with Crippen LogP contribution in [0.5, 0.6) is 11.5 Å². The minimum absolute atomic E-state index is 0.107. The van der Waals surface area contributed by atoms with Crippen LogP contribution in [0.2, 0.25) is 0 Å². The van der Waals surface area contributed by atoms with Crippen molar-refractivity contribution in [1.29, 1.82) is 0 Å². The first-order valence-electron chi connectivity index (χ1n) is 9.51. The van der Waals surface area contributed by atoms with Gasteiger partial charge in [0.05, 0.1) is 14.2 Å². The Morgan fingerprint density at radius 2 is 1.30 bits per heavy atom. The molecule has 2 rings (SSSR count). The fourth-order valence-electron chi connectivity index (χ4n) is 2.97. The highest BCUT2D eigenvalue weighted by Crippen LogP contribution is 2.21. The van der Waals surface area contributed by atoms with E-state index in [1.165, 1.54) is 38.5 Å². The Kier molecular flexibility index (Phi) is 8.37. The van der Waals surface area contributed by atoms with Gasteiger partial charge in [0.25, 0.3) is 11.8 Å². The van der Waals surface area contributed by atoms with E-state index >= 15 is 0 Å². The van der Waals surface area contributed by atoms with Crippen LogP contribution in [0, 0.1) is 0 Å². The Bertz CT molecular complexity index is 805. The van der Waals surface area contributed by atoms with Gasteiger partial charge in [-0.15, -0.1) is 0 Å². The highest BCUT2D eigenvalue weighted by molar-refractivity contribution is 6.12. The molecule has 0 saturated carbocycles. The van der Waals surface area contributed by atoms with Crippen LogP contribution in [0.25, 0.3) is 0 Å². The average Bonchev–Trinajstić information content (AvgIpc) is 2.78. The quantitative estimate of drug-likeness (QED) is 0.453. The topological polar surface area (TPSA) is 119 Å². The van der Waals surface area contributed by atoms with E-state index in [2.05, 4.69) is 0 Å². The van der Waals surface area contributed by atoms with E-state index in [1.807, 2.05) is 0 Å². The Morgan fingerprint density at radius 3 is 1.63 bits per heavy atom. The SMILES string of the molecule is COc1ccc(C(=O)N(C(=O)c2ccc(OC)cc2)[C@@H](CCCCN)C(=O)O)cc1. The second kappa shape index (κ2) is 11.0. The third-order valence-corrected chi connectivity index (χ3v) is 4.64. The van der Waals surface area contributed by atoms with E-state index in [-0.39, 0.29) is 17.5 Å². The maximum absolute atomic E-state index is 13.2. The Hall–Kier alpha value is -3.39. The van der Waals surface area contributed by atoms with E-state index in [9.17, 15) is 19.5 Å². The molecule has 8 nitrogen and oxygen atoms in total. The number of aliphatic carboxylic acids is 1. The van der Waals surface area contributed by atoms with Crippen LogP contribution in [0.4, 0.5) is 0 Å². The van der Waals surface area contributed by atoms with Gasteiger partial charge in [-0.05, 0) is 74.3 Å². The van der Waals surface area contributed by atoms with Crippen molar-refractivity contribution in [1.82, 2.24) is 4.90 Å². The number of unbranched alkanes of at least 4 members (excludes halogenated alkanes) is 1. The predicted molar refractivity (Wildman–Crippen MR) is 111 cm³/mol. The van der Waals surface area contributed by atoms with Gasteiger partial charge in [0, 0.05) is 11.1 Å². The second-order valence-corrected chi connectivity index (χ2v) is 6.58. The van der Waals surface area contributed by atoms with Crippen molar-refractivity contribution in [3.8, 4) is 11.5 Å². The van der Waals surface area contributed by atoms with Crippen LogP contribution < -0.4 is 15.2 Å². The Labute approximate surface area is 175 Å². The van der Waals surface area contributed by atoms with Gasteiger partial charge >= 0.3 is 5.97 Å². The van der Waals surface area contributed by atoms with E-state index in [1.54, 1.807) is 24.3 Å². The largest absolute Gasteiger partial charge is 0.497 e. The highest BCUT2D eigenvalue weighted by Gasteiger charge is 2.35. The number of carbonyl (C=O) groups is 3. The minimum atomic E-state index is -1.32. The first kappa shape index (κ1) is 22.9. The van der Waals surface area contributed by atoms with Gasteiger partial charge in [0.15, 0.2) is 0 Å². The second-order valence-electron chi connectivity index (χ2n) is 6.58. The smallest absolute Gasteiger partial charge is 0.326 e. The van der Waals surface area contributed by atoms with Crippen LogP contribution in [-0.2, 0) is 4.79 Å². The van der Waals surface area contributed by atoms with Crippen molar-refractivity contribution in [3.05, 3.63) is 59.7 Å². The maximum atomic E-state index is 13.2. The summed E-state index contributed by atoms with van der Waals surface area (Å²) >= 11 is 0. The molecule has 8 heteroatoms. The Morgan fingerprint density at radius 1 is 0.867 bits per heavy atom. The molecule has 0 heterocycles. The zero-order chi connectivity index (χ0) is 22.1. The van der Waals surface area contributed by atoms with E-state index in [0.29, 0.717) is 30.9 Å². The third kappa shape index (κ3) is 5.57. The first-order valence-corrected chi connectivity index (χ1v) is 9.51. The van der Waals surface area contributed by atoms with E-state index in [0.717, 1.165) is 4.90 Å². The molecular formula is C22H26N2O6. The maximum Gasteiger partial charge on any atom is 0.326 e. The van der Waals surface area contributed by atoms with Crippen LogP contribution in [-0.4, -0.2) is 54.6 Å². The summed E-state index contributed by atoms with van der Waals surface area (Å²) in [7, 11) is 2.99. The van der Waals surface area contributed by atoms with E-state index in [4.69, 9.17) is 15.2 Å². The monoisotopic (exact) mass is 414 g/mol. The molecule has 0 saturated heterocycles. The van der Waals surface area contributed by atoms with Crippen molar-refractivity contribution in [2.45, 2.75) is 25.3 Å². The molecule has 1 atom stereocenters. The molecule has 30 heavy (non-hydrogen) atoms. The number of imide groups is 1. The number of methoxy groups -OCH3 is 2. The standard InChI is InChI=1S/C22H26N2O6/c1-29-17-10-6-15(7-11-17)20(25)24(19(22(27)28)5-3-4-14-23)21(26)16-8-12-18(30-2)13-9-16/h6-13,19H,3-5,14,23H2,1-2H3,(H,27,28)/t19-/m0/s1. The lowest BCUT2D eigenvalue weighted by Gasteiger charge is -2.27. The van der Waals surface area contributed by atoms with Gasteiger partial charge in [-0.25, -0.2) is 4.79 Å². The summed E-state index contributed by atoms with van der Waals surface area (Å²) in [4.78, 5) is 39.2. The fourth-order valence-corrected chi connectivity index (χ4v) is 2.97. The summed E-state index contributed by atoms with van der Waals surface area (Å²) in [5.41, 5.74) is 5.87. The molecule has 0 bridgehead atoms. The van der Waals surface area contributed by atoms with Gasteiger partial charge in [-0.1, -0.05) is 0 Å². The molecule has 2 aromatic rings. The fraction of sp³-hybridized carbons (Fsp3) is 0.318. The van der Waals surface area contributed by atoms with Gasteiger partial charge in [-0.2, -0.15) is 0 Å². The highest BCUT2D eigenvalue weighted by atomic mass is 16.5. The van der Waals surface area contributed by atoms with Crippen molar-refractivity contribution < 1.29 is 29.0 Å². The summed E-state index contributed by atoms with van der Waals surface area (Å²) in [6, 6.07) is 11.0. The molecule has 2 amide bonds. The molecule has 2 aromatic carbocycles. The molecule has 160 valence electrons. The molecular weight excluding hydrogens is 388 g/mol. The lowest BCUT2D eigenvalue weighted by Crippen LogP contribution is -2.48. The number of nitrogens with zero attached hydrogens (tertiary/aromatic N) is 1. The number of rotatable bonds is 10. The number of hydrogen-bond donors (Lipinski definition) is 2. The molecule has 3 N–H and O–H groups in total. The molecule has 0 radical (unpaired) electrons. The summed E-state index contributed by atoms with van der Waals surface area (Å²) in [5, 5.41) is 9.78. The number of carboxylic acid groups (broad SMARTS) is 1. The average molecular weight is 414 g/mol. The first-order chi connectivity index (χ1) is 14.4. The zero-order valence-corrected chi connectivity index (χ0v) is 17.0. The van der Waals surface area contributed by atoms with Crippen LogP contribution in [0.3, 0.4) is 0 Å². The summed E-state index contributed by atoms with van der Waals surface area (Å²) in [6.07, 6.45) is 1.16. The molecule has 0 aliphatic heterocycles. The molecule has 0 unspecified atom stereocenters. The van der Waals surface area contributed by atoms with Gasteiger partial charge in [-0.3, -0.25) is 14.5 Å². The molecule has 0 aromatic heterocycles. The zero-order valence-electron chi connectivity index (χ0n) is 17.0. The molecule has 0 fully saturated rings. The predicted octanol–water partition coefficient (Wildman–Crippen LogP) is 2.57. The van der Waals surface area contributed by atoms with Gasteiger partial charge < -0.3 is 20.3 Å². The van der Waals surface area contributed by atoms with Gasteiger partial charge in [0.1, 0.15) is 17.5 Å². The van der Waals surface area contributed by atoms with E-state index < -0.39 is 23.8 Å². The number of ether oxygens (including phenoxy) is 2.